The highest BCUT2D eigenvalue weighted by Gasteiger charge is 2.26. The predicted molar refractivity (Wildman–Crippen MR) is 138 cm³/mol. The average molecular weight is 419 g/mol. The summed E-state index contributed by atoms with van der Waals surface area (Å²) in [5.74, 6) is 1.99. The van der Waals surface area contributed by atoms with Crippen molar-refractivity contribution in [2.24, 2.45) is 28.1 Å². The summed E-state index contributed by atoms with van der Waals surface area (Å²) < 4.78 is 0. The van der Waals surface area contributed by atoms with Gasteiger partial charge >= 0.3 is 0 Å². The third kappa shape index (κ3) is 11.4. The summed E-state index contributed by atoms with van der Waals surface area (Å²) in [5.41, 5.74) is 3.23. The summed E-state index contributed by atoms with van der Waals surface area (Å²) in [5, 5.41) is 0. The van der Waals surface area contributed by atoms with Gasteiger partial charge in [0.15, 0.2) is 0 Å². The molecular weight excluding hydrogens is 360 g/mol. The average Bonchev–Trinajstić information content (AvgIpc) is 3.05. The van der Waals surface area contributed by atoms with Gasteiger partial charge in [0.25, 0.3) is 0 Å². The zero-order chi connectivity index (χ0) is 22.8. The molecule has 30 heavy (non-hydrogen) atoms. The second-order valence-corrected chi connectivity index (χ2v) is 13.6. The van der Waals surface area contributed by atoms with Crippen LogP contribution in [0.5, 0.6) is 0 Å². The molecule has 0 atom stereocenters. The maximum Gasteiger partial charge on any atom is -0.0173 e. The fourth-order valence-electron chi connectivity index (χ4n) is 5.47. The van der Waals surface area contributed by atoms with Crippen LogP contribution in [0, 0.1) is 28.1 Å². The Labute approximate surface area is 192 Å². The first kappa shape index (κ1) is 27.8. The Balaban J connectivity index is 0.000000226. The molecule has 0 amide bonds. The van der Waals surface area contributed by atoms with E-state index in [-0.39, 0.29) is 0 Å². The third-order valence-corrected chi connectivity index (χ3v) is 7.91. The van der Waals surface area contributed by atoms with Crippen LogP contribution in [-0.4, -0.2) is 0 Å². The van der Waals surface area contributed by atoms with Gasteiger partial charge in [0.2, 0.25) is 0 Å². The lowest BCUT2D eigenvalue weighted by Gasteiger charge is -2.33. The zero-order valence-electron chi connectivity index (χ0n) is 22.6. The quantitative estimate of drug-likeness (QED) is 0.271. The fourth-order valence-corrected chi connectivity index (χ4v) is 5.47. The number of rotatable bonds is 0. The van der Waals surface area contributed by atoms with Crippen LogP contribution in [0.1, 0.15) is 152 Å². The van der Waals surface area contributed by atoms with Gasteiger partial charge in [0.1, 0.15) is 0 Å². The minimum absolute atomic E-state index is 0.441. The van der Waals surface area contributed by atoms with Crippen LogP contribution in [0.4, 0.5) is 0 Å². The van der Waals surface area contributed by atoms with Crippen LogP contribution in [0.15, 0.2) is 11.6 Å². The second kappa shape index (κ2) is 12.7. The third-order valence-electron chi connectivity index (χ3n) is 7.91. The Morgan fingerprint density at radius 1 is 0.533 bits per heavy atom. The Hall–Kier alpha value is -0.260. The van der Waals surface area contributed by atoms with Gasteiger partial charge in [0.05, 0.1) is 0 Å². The van der Waals surface area contributed by atoms with Gasteiger partial charge in [-0.1, -0.05) is 119 Å². The molecule has 0 aromatic carbocycles. The van der Waals surface area contributed by atoms with Crippen molar-refractivity contribution >= 4 is 0 Å². The van der Waals surface area contributed by atoms with E-state index >= 15 is 0 Å². The molecule has 0 aromatic rings. The summed E-state index contributed by atoms with van der Waals surface area (Å²) in [4.78, 5) is 0. The molecule has 0 nitrogen and oxygen atoms in total. The van der Waals surface area contributed by atoms with E-state index < -0.39 is 0 Å². The predicted octanol–water partition coefficient (Wildman–Crippen LogP) is 10.8. The van der Waals surface area contributed by atoms with Gasteiger partial charge in [-0.2, -0.15) is 0 Å². The lowest BCUT2D eigenvalue weighted by atomic mass is 9.72. The van der Waals surface area contributed by atoms with Gasteiger partial charge < -0.3 is 0 Å². The summed E-state index contributed by atoms with van der Waals surface area (Å²) >= 11 is 0. The maximum atomic E-state index is 2.40. The Bertz CT molecular complexity index is 460. The number of hydrogen-bond donors (Lipinski definition) is 0. The van der Waals surface area contributed by atoms with Crippen molar-refractivity contribution in [3.63, 3.8) is 0 Å². The van der Waals surface area contributed by atoms with Crippen LogP contribution in [-0.2, 0) is 0 Å². The molecule has 0 aromatic heterocycles. The standard InChI is InChI=1S/C11H22.C10H20.C9H16/c1-11(2,3)10-8-6-4-5-7-9-10;1-10(2,3)9-7-5-4-6-8-9;1-9(2,3)8-6-4-5-7-8/h10H,4-9H2,1-3H3;9H,4-8H2,1-3H3;6H,4-5,7H2,1-3H3. The molecule has 0 heteroatoms. The smallest absolute Gasteiger partial charge is 0.0173 e. The molecule has 3 aliphatic carbocycles. The van der Waals surface area contributed by atoms with Crippen molar-refractivity contribution in [1.29, 1.82) is 0 Å². The van der Waals surface area contributed by atoms with E-state index in [0.717, 1.165) is 11.8 Å². The summed E-state index contributed by atoms with van der Waals surface area (Å²) in [6, 6.07) is 0. The van der Waals surface area contributed by atoms with E-state index in [2.05, 4.69) is 68.4 Å². The van der Waals surface area contributed by atoms with Crippen LogP contribution in [0.2, 0.25) is 0 Å². The van der Waals surface area contributed by atoms with E-state index in [0.29, 0.717) is 16.2 Å². The molecule has 0 heterocycles. The highest BCUT2D eigenvalue weighted by molar-refractivity contribution is 5.14. The molecule has 0 bridgehead atoms. The molecule has 2 fully saturated rings. The van der Waals surface area contributed by atoms with Crippen molar-refractivity contribution in [3.05, 3.63) is 11.6 Å². The summed E-state index contributed by atoms with van der Waals surface area (Å²) in [6.07, 6.45) is 22.7. The first-order chi connectivity index (χ1) is 13.8. The summed E-state index contributed by atoms with van der Waals surface area (Å²) in [6.45, 7) is 21.2. The normalized spacial score (nSPS) is 22.2. The topological polar surface area (TPSA) is 0 Å². The van der Waals surface area contributed by atoms with Crippen molar-refractivity contribution in [1.82, 2.24) is 0 Å². The Morgan fingerprint density at radius 3 is 1.13 bits per heavy atom. The van der Waals surface area contributed by atoms with Crippen LogP contribution < -0.4 is 0 Å². The van der Waals surface area contributed by atoms with E-state index in [4.69, 9.17) is 0 Å². The maximum absolute atomic E-state index is 2.40. The molecule has 0 N–H and O–H groups in total. The highest BCUT2D eigenvalue weighted by Crippen LogP contribution is 2.38. The lowest BCUT2D eigenvalue weighted by Crippen LogP contribution is -2.22. The lowest BCUT2D eigenvalue weighted by molar-refractivity contribution is 0.180. The van der Waals surface area contributed by atoms with Gasteiger partial charge in [-0.15, -0.1) is 0 Å². The van der Waals surface area contributed by atoms with E-state index in [1.54, 1.807) is 5.57 Å². The largest absolute Gasteiger partial charge is 0.0848 e. The highest BCUT2D eigenvalue weighted by atomic mass is 14.3. The van der Waals surface area contributed by atoms with Gasteiger partial charge in [-0.05, 0) is 73.0 Å². The minimum atomic E-state index is 0.441. The van der Waals surface area contributed by atoms with Crippen molar-refractivity contribution in [3.8, 4) is 0 Å². The molecule has 0 unspecified atom stereocenters. The van der Waals surface area contributed by atoms with Gasteiger partial charge in [-0.3, -0.25) is 0 Å². The SMILES string of the molecule is CC(C)(C)C1=CCCC1.CC(C)(C)C1CCCCC1.CC(C)(C)C1CCCCCC1. The van der Waals surface area contributed by atoms with Crippen molar-refractivity contribution < 1.29 is 0 Å². The first-order valence-corrected chi connectivity index (χ1v) is 13.5. The molecule has 3 aliphatic rings. The van der Waals surface area contributed by atoms with E-state index in [9.17, 15) is 0 Å². The second-order valence-electron chi connectivity index (χ2n) is 13.6. The number of hydrogen-bond acceptors (Lipinski definition) is 0. The number of allylic oxidation sites excluding steroid dienone is 2. The molecule has 0 radical (unpaired) electrons. The minimum Gasteiger partial charge on any atom is -0.0848 e. The van der Waals surface area contributed by atoms with Crippen LogP contribution in [0.25, 0.3) is 0 Å². The Morgan fingerprint density at radius 2 is 0.900 bits per heavy atom. The Kier molecular flexibility index (Phi) is 11.8. The monoisotopic (exact) mass is 418 g/mol. The van der Waals surface area contributed by atoms with Crippen molar-refractivity contribution in [2.75, 3.05) is 0 Å². The first-order valence-electron chi connectivity index (χ1n) is 13.5. The summed E-state index contributed by atoms with van der Waals surface area (Å²) in [7, 11) is 0. The van der Waals surface area contributed by atoms with Crippen LogP contribution >= 0.6 is 0 Å². The molecule has 178 valence electrons. The molecule has 0 saturated heterocycles. The van der Waals surface area contributed by atoms with Crippen molar-refractivity contribution in [2.45, 2.75) is 152 Å². The van der Waals surface area contributed by atoms with Gasteiger partial charge in [-0.25, -0.2) is 0 Å². The fraction of sp³-hybridized carbons (Fsp3) is 0.933. The van der Waals surface area contributed by atoms with Gasteiger partial charge in [0, 0.05) is 0 Å². The van der Waals surface area contributed by atoms with E-state index in [1.807, 2.05) is 0 Å². The zero-order valence-corrected chi connectivity index (χ0v) is 22.6. The molecule has 0 spiro atoms. The molecule has 0 aliphatic heterocycles. The van der Waals surface area contributed by atoms with Crippen LogP contribution in [0.3, 0.4) is 0 Å². The molecule has 2 saturated carbocycles. The molecule has 3 rings (SSSR count). The van der Waals surface area contributed by atoms with E-state index in [1.165, 1.54) is 89.9 Å². The molecular formula is C30H58.